The average Bonchev–Trinajstić information content (AvgIpc) is 3.35. The Bertz CT molecular complexity index is 1120. The molecule has 1 aromatic carbocycles. The Morgan fingerprint density at radius 1 is 1.13 bits per heavy atom. The van der Waals surface area contributed by atoms with Gasteiger partial charge in [0.1, 0.15) is 5.56 Å². The van der Waals surface area contributed by atoms with Gasteiger partial charge in [0.25, 0.3) is 5.69 Å². The molecule has 0 saturated carbocycles. The minimum Gasteiger partial charge on any atom is -0.380 e. The summed E-state index contributed by atoms with van der Waals surface area (Å²) in [4.78, 5) is 27.0. The summed E-state index contributed by atoms with van der Waals surface area (Å²) in [6.07, 6.45) is 7.27. The number of carbonyl (C=O) groups is 1. The van der Waals surface area contributed by atoms with Crippen LogP contribution in [0.3, 0.4) is 0 Å². The summed E-state index contributed by atoms with van der Waals surface area (Å²) in [7, 11) is 0. The lowest BCUT2D eigenvalue weighted by molar-refractivity contribution is -0.388. The second-order valence-corrected chi connectivity index (χ2v) is 12.1. The number of anilines is 1. The van der Waals surface area contributed by atoms with Crippen LogP contribution < -0.4 is 5.32 Å². The van der Waals surface area contributed by atoms with Gasteiger partial charge in [0.05, 0.1) is 4.92 Å². The molecule has 2 fully saturated rings. The van der Waals surface area contributed by atoms with Gasteiger partial charge in [-0.25, -0.2) is 0 Å². The second kappa shape index (κ2) is 11.6. The number of halogens is 3. The molecule has 4 rings (SSSR count). The number of nitrogens with zero attached hydrogens (tertiary/aromatic N) is 3. The largest absolute Gasteiger partial charge is 0.423 e. The molecule has 0 aromatic heterocycles. The molecule has 2 aliphatic heterocycles. The van der Waals surface area contributed by atoms with Crippen molar-refractivity contribution in [2.45, 2.75) is 71.5 Å². The third-order valence-corrected chi connectivity index (χ3v) is 8.35. The highest BCUT2D eigenvalue weighted by atomic mass is 19.4. The van der Waals surface area contributed by atoms with Crippen LogP contribution in [0.15, 0.2) is 42.1 Å². The van der Waals surface area contributed by atoms with E-state index in [4.69, 9.17) is 0 Å². The molecule has 1 unspecified atom stereocenters. The molecular formula is C29H39F3N4O3. The third-order valence-electron chi connectivity index (χ3n) is 8.35. The first-order chi connectivity index (χ1) is 18.3. The third kappa shape index (κ3) is 7.33. The van der Waals surface area contributed by atoms with Gasteiger partial charge in [-0.2, -0.15) is 13.2 Å². The Morgan fingerprint density at radius 3 is 2.44 bits per heavy atom. The number of alkyl halides is 3. The standard InChI is InChI=1S/C29H39F3N4O3/c1-28(2,3)21-5-8-24(9-6-21)34-15-12-20(13-16-34)4-11-27(37)35-17-14-23(19-35)33-22-7-10-26(36(38)39)25(18-22)29(30,31)32/h5,7-10,18,20-21,23,33H,4,6,11-17,19H2,1-3H3/t21?,23-/m1/s1. The van der Waals surface area contributed by atoms with E-state index in [0.29, 0.717) is 37.8 Å². The van der Waals surface area contributed by atoms with Crippen LogP contribution in [0.2, 0.25) is 0 Å². The summed E-state index contributed by atoms with van der Waals surface area (Å²) in [5.74, 6) is 1.15. The molecular weight excluding hydrogens is 509 g/mol. The molecule has 7 nitrogen and oxygen atoms in total. The van der Waals surface area contributed by atoms with Crippen molar-refractivity contribution in [2.75, 3.05) is 31.5 Å². The molecule has 2 atom stereocenters. The van der Waals surface area contributed by atoms with Gasteiger partial charge in [-0.1, -0.05) is 32.9 Å². The van der Waals surface area contributed by atoms with Crippen LogP contribution in [-0.2, 0) is 11.0 Å². The second-order valence-electron chi connectivity index (χ2n) is 12.1. The number of carbonyl (C=O) groups excluding carboxylic acids is 1. The van der Waals surface area contributed by atoms with Crippen LogP contribution in [0.5, 0.6) is 0 Å². The van der Waals surface area contributed by atoms with E-state index < -0.39 is 22.4 Å². The van der Waals surface area contributed by atoms with Gasteiger partial charge in [-0.15, -0.1) is 0 Å². The Kier molecular flexibility index (Phi) is 8.61. The fourth-order valence-electron chi connectivity index (χ4n) is 5.80. The van der Waals surface area contributed by atoms with Crippen LogP contribution in [0, 0.1) is 27.4 Å². The Morgan fingerprint density at radius 2 is 1.85 bits per heavy atom. The maximum absolute atomic E-state index is 13.3. The summed E-state index contributed by atoms with van der Waals surface area (Å²) >= 11 is 0. The van der Waals surface area contributed by atoms with E-state index in [0.717, 1.165) is 50.9 Å². The van der Waals surface area contributed by atoms with E-state index in [-0.39, 0.29) is 23.1 Å². The van der Waals surface area contributed by atoms with Crippen molar-refractivity contribution in [3.63, 3.8) is 0 Å². The first-order valence-corrected chi connectivity index (χ1v) is 13.8. The zero-order valence-electron chi connectivity index (χ0n) is 23.0. The van der Waals surface area contributed by atoms with Crippen molar-refractivity contribution in [3.8, 4) is 0 Å². The van der Waals surface area contributed by atoms with Crippen molar-refractivity contribution in [3.05, 3.63) is 57.8 Å². The summed E-state index contributed by atoms with van der Waals surface area (Å²) in [5, 5.41) is 14.0. The number of likely N-dealkylation sites (tertiary alicyclic amines) is 2. The van der Waals surface area contributed by atoms with Gasteiger partial charge in [0, 0.05) is 56.1 Å². The monoisotopic (exact) mass is 548 g/mol. The highest BCUT2D eigenvalue weighted by Crippen LogP contribution is 2.38. The van der Waals surface area contributed by atoms with Crippen molar-refractivity contribution in [1.29, 1.82) is 0 Å². The number of rotatable bonds is 7. The SMILES string of the molecule is CC(C)(C)C1C=CC(N2CCC(CCC(=O)N3CC[C@@H](Nc4ccc([N+](=O)[O-])c(C(F)(F)F)c4)C3)CC2)=CC1. The molecule has 2 saturated heterocycles. The zero-order valence-corrected chi connectivity index (χ0v) is 23.0. The topological polar surface area (TPSA) is 78.7 Å². The number of nitrogens with one attached hydrogen (secondary N) is 1. The molecule has 2 heterocycles. The molecule has 10 heteroatoms. The van der Waals surface area contributed by atoms with E-state index in [1.165, 1.54) is 11.8 Å². The van der Waals surface area contributed by atoms with Crippen LogP contribution in [0.25, 0.3) is 0 Å². The molecule has 0 bridgehead atoms. The van der Waals surface area contributed by atoms with Crippen LogP contribution in [0.1, 0.15) is 64.9 Å². The van der Waals surface area contributed by atoms with Crippen LogP contribution in [-0.4, -0.2) is 52.9 Å². The molecule has 214 valence electrons. The molecule has 1 N–H and O–H groups in total. The Hall–Kier alpha value is -3.04. The van der Waals surface area contributed by atoms with Gasteiger partial charge in [0.15, 0.2) is 0 Å². The fraction of sp³-hybridized carbons (Fsp3) is 0.621. The van der Waals surface area contributed by atoms with E-state index in [2.05, 4.69) is 49.2 Å². The van der Waals surface area contributed by atoms with Gasteiger partial charge in [0.2, 0.25) is 5.91 Å². The van der Waals surface area contributed by atoms with Crippen LogP contribution in [0.4, 0.5) is 24.5 Å². The maximum atomic E-state index is 13.3. The molecule has 0 spiro atoms. The molecule has 0 radical (unpaired) electrons. The Balaban J connectivity index is 1.21. The maximum Gasteiger partial charge on any atom is 0.423 e. The first kappa shape index (κ1) is 29.0. The number of hydrogen-bond donors (Lipinski definition) is 1. The number of nitro groups is 1. The molecule has 3 aliphatic rings. The number of hydrogen-bond acceptors (Lipinski definition) is 5. The molecule has 39 heavy (non-hydrogen) atoms. The number of piperidine rings is 1. The van der Waals surface area contributed by atoms with Gasteiger partial charge >= 0.3 is 6.18 Å². The summed E-state index contributed by atoms with van der Waals surface area (Å²) in [5.41, 5.74) is -0.500. The summed E-state index contributed by atoms with van der Waals surface area (Å²) < 4.78 is 39.9. The molecule has 1 aliphatic carbocycles. The zero-order chi connectivity index (χ0) is 28.4. The lowest BCUT2D eigenvalue weighted by atomic mass is 9.77. The number of amides is 1. The fourth-order valence-corrected chi connectivity index (χ4v) is 5.80. The minimum atomic E-state index is -4.83. The normalized spacial score (nSPS) is 22.7. The number of allylic oxidation sites excluding steroid dienone is 3. The van der Waals surface area contributed by atoms with Crippen LogP contribution >= 0.6 is 0 Å². The van der Waals surface area contributed by atoms with Gasteiger partial charge < -0.3 is 15.1 Å². The van der Waals surface area contributed by atoms with E-state index in [9.17, 15) is 28.1 Å². The summed E-state index contributed by atoms with van der Waals surface area (Å²) in [6, 6.07) is 2.73. The highest BCUT2D eigenvalue weighted by molar-refractivity contribution is 5.76. The quantitative estimate of drug-likeness (QED) is 0.306. The molecule has 1 aromatic rings. The number of nitro benzene ring substituents is 1. The predicted molar refractivity (Wildman–Crippen MR) is 145 cm³/mol. The Labute approximate surface area is 228 Å². The average molecular weight is 549 g/mol. The van der Waals surface area contributed by atoms with Gasteiger partial charge in [-0.3, -0.25) is 14.9 Å². The highest BCUT2D eigenvalue weighted by Gasteiger charge is 2.39. The van der Waals surface area contributed by atoms with Crippen molar-refractivity contribution in [1.82, 2.24) is 9.80 Å². The minimum absolute atomic E-state index is 0.0764. The van der Waals surface area contributed by atoms with E-state index >= 15 is 0 Å². The predicted octanol–water partition coefficient (Wildman–Crippen LogP) is 6.62. The lowest BCUT2D eigenvalue weighted by Gasteiger charge is -2.37. The lowest BCUT2D eigenvalue weighted by Crippen LogP contribution is -2.35. The summed E-state index contributed by atoms with van der Waals surface area (Å²) in [6.45, 7) is 9.78. The van der Waals surface area contributed by atoms with E-state index in [1.54, 1.807) is 4.90 Å². The number of benzene rings is 1. The van der Waals surface area contributed by atoms with Gasteiger partial charge in [-0.05, 0) is 67.6 Å². The molecule has 1 amide bonds. The first-order valence-electron chi connectivity index (χ1n) is 13.8. The van der Waals surface area contributed by atoms with E-state index in [1.807, 2.05) is 0 Å². The van der Waals surface area contributed by atoms with Crippen molar-refractivity contribution >= 4 is 17.3 Å². The smallest absolute Gasteiger partial charge is 0.380 e. The van der Waals surface area contributed by atoms with Crippen molar-refractivity contribution < 1.29 is 22.9 Å². The van der Waals surface area contributed by atoms with Crippen molar-refractivity contribution in [2.24, 2.45) is 17.3 Å².